The number of ketones is 1. The average molecular weight is 637 g/mol. The van der Waals surface area contributed by atoms with Crippen LogP contribution < -0.4 is 9.64 Å². The number of pyridine rings is 1. The lowest BCUT2D eigenvalue weighted by Crippen LogP contribution is -2.24. The molecule has 0 radical (unpaired) electrons. The van der Waals surface area contributed by atoms with Crippen molar-refractivity contribution in [3.8, 4) is 17.0 Å². The number of rotatable bonds is 10. The lowest BCUT2D eigenvalue weighted by molar-refractivity contribution is 0.0512. The first-order valence-corrected chi connectivity index (χ1v) is 15.0. The smallest absolute Gasteiger partial charge is 0.225 e. The van der Waals surface area contributed by atoms with Crippen molar-refractivity contribution in [1.29, 1.82) is 0 Å². The molecule has 0 bridgehead atoms. The summed E-state index contributed by atoms with van der Waals surface area (Å²) in [7, 11) is 1.49. The maximum Gasteiger partial charge on any atom is 0.225 e. The Labute approximate surface area is 262 Å². The van der Waals surface area contributed by atoms with Crippen LogP contribution in [0.5, 0.6) is 5.75 Å². The van der Waals surface area contributed by atoms with Crippen molar-refractivity contribution in [2.45, 2.75) is 45.7 Å². The fourth-order valence-corrected chi connectivity index (χ4v) is 5.99. The summed E-state index contributed by atoms with van der Waals surface area (Å²) < 4.78 is 44.1. The number of aliphatic hydroxyl groups is 1. The molecule has 0 aliphatic carbocycles. The zero-order chi connectivity index (χ0) is 31.7. The molecule has 0 amide bonds. The first-order valence-electron chi connectivity index (χ1n) is 14.7. The number of methoxy groups -OCH3 is 1. The van der Waals surface area contributed by atoms with Crippen LogP contribution in [0, 0.1) is 11.6 Å². The van der Waals surface area contributed by atoms with E-state index in [1.54, 1.807) is 28.9 Å². The SMILES string of the molecule is CCc1c(F)ccc2cc(OCOC)cc(-c3ncc4c(N5CCCn6nc(C(=O)CCCO)cc6C5)nc(Cl)nc4c3F)c12. The summed E-state index contributed by atoms with van der Waals surface area (Å²) in [5.74, 6) is -0.462. The maximum atomic E-state index is 16.6. The number of hydrogen-bond acceptors (Lipinski definition) is 9. The Hall–Kier alpha value is -4.26. The summed E-state index contributed by atoms with van der Waals surface area (Å²) in [5.41, 5.74) is 1.85. The highest BCUT2D eigenvalue weighted by molar-refractivity contribution is 6.28. The molecular formula is C32H31ClF2N6O4. The largest absolute Gasteiger partial charge is 0.468 e. The van der Waals surface area contributed by atoms with Gasteiger partial charge in [-0.1, -0.05) is 13.0 Å². The molecule has 2 aromatic carbocycles. The molecule has 45 heavy (non-hydrogen) atoms. The maximum absolute atomic E-state index is 16.6. The summed E-state index contributed by atoms with van der Waals surface area (Å²) in [6.45, 7) is 3.22. The Kier molecular flexibility index (Phi) is 8.88. The fourth-order valence-electron chi connectivity index (χ4n) is 5.82. The molecule has 5 aromatic rings. The summed E-state index contributed by atoms with van der Waals surface area (Å²) in [6.07, 6.45) is 3.14. The molecule has 0 spiro atoms. The van der Waals surface area contributed by atoms with Crippen molar-refractivity contribution in [1.82, 2.24) is 24.7 Å². The van der Waals surface area contributed by atoms with E-state index in [1.165, 1.54) is 19.4 Å². The van der Waals surface area contributed by atoms with Crippen LogP contribution in [0.25, 0.3) is 32.9 Å². The average Bonchev–Trinajstić information content (AvgIpc) is 3.33. The third kappa shape index (κ3) is 5.92. The highest BCUT2D eigenvalue weighted by atomic mass is 35.5. The topological polar surface area (TPSA) is 115 Å². The number of ether oxygens (including phenoxy) is 2. The van der Waals surface area contributed by atoms with Gasteiger partial charge in [-0.2, -0.15) is 10.1 Å². The van der Waals surface area contributed by atoms with Gasteiger partial charge in [-0.3, -0.25) is 14.5 Å². The molecule has 10 nitrogen and oxygen atoms in total. The Morgan fingerprint density at radius 1 is 1.16 bits per heavy atom. The van der Waals surface area contributed by atoms with Gasteiger partial charge in [-0.15, -0.1) is 0 Å². The van der Waals surface area contributed by atoms with Crippen molar-refractivity contribution >= 4 is 44.9 Å². The summed E-state index contributed by atoms with van der Waals surface area (Å²) >= 11 is 6.39. The number of aromatic nitrogens is 5. The third-order valence-electron chi connectivity index (χ3n) is 7.89. The summed E-state index contributed by atoms with van der Waals surface area (Å²) in [6, 6.07) is 8.13. The van der Waals surface area contributed by atoms with Crippen LogP contribution in [-0.2, 0) is 24.2 Å². The third-order valence-corrected chi connectivity index (χ3v) is 8.06. The second kappa shape index (κ2) is 13.0. The molecule has 0 unspecified atom stereocenters. The van der Waals surface area contributed by atoms with Crippen molar-refractivity contribution in [2.24, 2.45) is 0 Å². The fraction of sp³-hybridized carbons (Fsp3) is 0.344. The van der Waals surface area contributed by atoms with Gasteiger partial charge in [0.25, 0.3) is 0 Å². The van der Waals surface area contributed by atoms with E-state index < -0.39 is 11.6 Å². The van der Waals surface area contributed by atoms with Crippen LogP contribution in [0.15, 0.2) is 36.5 Å². The molecule has 0 saturated heterocycles. The lowest BCUT2D eigenvalue weighted by Gasteiger charge is -2.23. The first-order chi connectivity index (χ1) is 21.8. The van der Waals surface area contributed by atoms with Gasteiger partial charge < -0.3 is 19.5 Å². The van der Waals surface area contributed by atoms with Crippen LogP contribution in [0.4, 0.5) is 14.6 Å². The molecule has 234 valence electrons. The molecule has 3 aromatic heterocycles. The molecule has 1 aliphatic heterocycles. The van der Waals surface area contributed by atoms with Crippen LogP contribution in [-0.4, -0.2) is 62.7 Å². The summed E-state index contributed by atoms with van der Waals surface area (Å²) in [5, 5.41) is 15.0. The second-order valence-corrected chi connectivity index (χ2v) is 11.1. The molecule has 0 fully saturated rings. The number of benzene rings is 2. The van der Waals surface area contributed by atoms with Crippen molar-refractivity contribution in [2.75, 3.05) is 32.0 Å². The van der Waals surface area contributed by atoms with E-state index in [1.807, 2.05) is 11.8 Å². The van der Waals surface area contributed by atoms with E-state index in [2.05, 4.69) is 20.1 Å². The van der Waals surface area contributed by atoms with Gasteiger partial charge in [0.2, 0.25) is 5.28 Å². The minimum Gasteiger partial charge on any atom is -0.468 e. The van der Waals surface area contributed by atoms with E-state index in [4.69, 9.17) is 26.2 Å². The van der Waals surface area contributed by atoms with E-state index in [0.29, 0.717) is 83.4 Å². The molecule has 0 saturated carbocycles. The zero-order valence-electron chi connectivity index (χ0n) is 24.8. The van der Waals surface area contributed by atoms with E-state index in [9.17, 15) is 9.18 Å². The van der Waals surface area contributed by atoms with E-state index >= 15 is 4.39 Å². The number of aryl methyl sites for hydroxylation is 2. The van der Waals surface area contributed by atoms with Gasteiger partial charge in [-0.25, -0.2) is 13.8 Å². The Balaban J connectivity index is 1.45. The molecule has 13 heteroatoms. The molecular weight excluding hydrogens is 606 g/mol. The number of carbonyl (C=O) groups excluding carboxylic acids is 1. The number of halogens is 3. The predicted molar refractivity (Wildman–Crippen MR) is 166 cm³/mol. The number of carbonyl (C=O) groups is 1. The highest BCUT2D eigenvalue weighted by Crippen LogP contribution is 2.39. The highest BCUT2D eigenvalue weighted by Gasteiger charge is 2.25. The second-order valence-electron chi connectivity index (χ2n) is 10.8. The first kappa shape index (κ1) is 30.8. The quantitative estimate of drug-likeness (QED) is 0.114. The normalized spacial score (nSPS) is 13.3. The van der Waals surface area contributed by atoms with E-state index in [0.717, 1.165) is 5.69 Å². The van der Waals surface area contributed by atoms with Crippen molar-refractivity contribution in [3.63, 3.8) is 0 Å². The van der Waals surface area contributed by atoms with Gasteiger partial charge in [0.05, 0.1) is 17.6 Å². The van der Waals surface area contributed by atoms with Crippen molar-refractivity contribution < 1.29 is 28.2 Å². The predicted octanol–water partition coefficient (Wildman–Crippen LogP) is 5.88. The van der Waals surface area contributed by atoms with Gasteiger partial charge >= 0.3 is 0 Å². The monoisotopic (exact) mass is 636 g/mol. The van der Waals surface area contributed by atoms with Gasteiger partial charge in [0, 0.05) is 45.0 Å². The van der Waals surface area contributed by atoms with Crippen LogP contribution in [0.2, 0.25) is 5.28 Å². The van der Waals surface area contributed by atoms with Crippen LogP contribution in [0.1, 0.15) is 47.9 Å². The Bertz CT molecular complexity index is 1920. The minimum atomic E-state index is -0.730. The Morgan fingerprint density at radius 2 is 2.00 bits per heavy atom. The number of Topliss-reactive ketones (excluding diaryl/α,β-unsaturated/α-hetero) is 1. The molecule has 0 atom stereocenters. The molecule has 6 rings (SSSR count). The molecule has 4 heterocycles. The number of fused-ring (bicyclic) bond motifs is 3. The van der Waals surface area contributed by atoms with E-state index in [-0.39, 0.29) is 42.1 Å². The minimum absolute atomic E-state index is 0.0281. The van der Waals surface area contributed by atoms with Gasteiger partial charge in [-0.05, 0) is 71.5 Å². The lowest BCUT2D eigenvalue weighted by atomic mass is 9.94. The molecule has 1 N–H and O–H groups in total. The van der Waals surface area contributed by atoms with Crippen LogP contribution in [0.3, 0.4) is 0 Å². The number of nitrogens with zero attached hydrogens (tertiary/aromatic N) is 6. The van der Waals surface area contributed by atoms with Gasteiger partial charge in [0.1, 0.15) is 34.3 Å². The standard InChI is InChI=1S/C32H31ClF2N6O4/c1-3-21-24(34)8-7-18-12-20(45-17-44-2)14-22(27(18)21)29-28(35)30-23(15-36-29)31(38-32(33)37-30)40-9-5-10-41-19(16-40)13-25(39-41)26(43)6-4-11-42/h7-8,12-15,42H,3-6,9-11,16-17H2,1-2H3. The molecule has 1 aliphatic rings. The summed E-state index contributed by atoms with van der Waals surface area (Å²) in [4.78, 5) is 27.8. The number of anilines is 1. The number of aliphatic hydroxyl groups excluding tert-OH is 1. The van der Waals surface area contributed by atoms with Crippen LogP contribution >= 0.6 is 11.6 Å². The van der Waals surface area contributed by atoms with Gasteiger partial charge in [0.15, 0.2) is 18.4 Å². The van der Waals surface area contributed by atoms with Crippen molar-refractivity contribution in [3.05, 3.63) is 70.4 Å². The Morgan fingerprint density at radius 3 is 2.78 bits per heavy atom. The zero-order valence-corrected chi connectivity index (χ0v) is 25.6. The number of hydrogen-bond donors (Lipinski definition) is 1.